The normalized spacial score (nSPS) is 14.7. The average Bonchev–Trinajstić information content (AvgIpc) is 2.78. The number of thioether (sulfide) groups is 1. The summed E-state index contributed by atoms with van der Waals surface area (Å²) >= 11 is 5.18. The monoisotopic (exact) mass is 513 g/mol. The van der Waals surface area contributed by atoms with E-state index in [1.165, 1.54) is 12.8 Å². The van der Waals surface area contributed by atoms with Gasteiger partial charge < -0.3 is 0 Å². The molecule has 0 saturated carbocycles. The standard InChI is InChI=1S/C24H25BrN4O2S/c1-3-4-5-10-15-32-24-26-22(31)21-18-12-7-9-14-20(18)28(16(2)30)23(29(21)27-24)17-11-6-8-13-19(17)25/h6-9,11-14,23H,3-5,10,15H2,1-2H3/p+1/t23-/m1/s1. The van der Waals surface area contributed by atoms with Crippen molar-refractivity contribution in [3.8, 4) is 11.3 Å². The number of nitrogens with one attached hydrogen (secondary N) is 1. The molecule has 8 heteroatoms. The minimum absolute atomic E-state index is 0.118. The van der Waals surface area contributed by atoms with Crippen LogP contribution in [0.2, 0.25) is 0 Å². The van der Waals surface area contributed by atoms with E-state index in [0.29, 0.717) is 22.1 Å². The Morgan fingerprint density at radius 1 is 1.16 bits per heavy atom. The number of H-pyrrole nitrogens is 1. The van der Waals surface area contributed by atoms with Crippen molar-refractivity contribution >= 4 is 39.3 Å². The first-order chi connectivity index (χ1) is 15.5. The first-order valence-electron chi connectivity index (χ1n) is 10.9. The summed E-state index contributed by atoms with van der Waals surface area (Å²) in [6.07, 6.45) is 4.05. The van der Waals surface area contributed by atoms with E-state index in [1.54, 1.807) is 28.3 Å². The number of carbonyl (C=O) groups is 1. The lowest BCUT2D eigenvalue weighted by atomic mass is 10.0. The third kappa shape index (κ3) is 4.38. The molecule has 1 N–H and O–H groups in total. The van der Waals surface area contributed by atoms with Crippen LogP contribution in [0.15, 0.2) is 63.0 Å². The van der Waals surface area contributed by atoms with Crippen molar-refractivity contribution in [1.29, 1.82) is 0 Å². The molecule has 0 aliphatic carbocycles. The number of carbonyl (C=O) groups excluding carboxylic acids is 1. The fourth-order valence-electron chi connectivity index (χ4n) is 4.04. The van der Waals surface area contributed by atoms with Crippen LogP contribution in [0.25, 0.3) is 11.3 Å². The highest BCUT2D eigenvalue weighted by Gasteiger charge is 2.45. The third-order valence-electron chi connectivity index (χ3n) is 5.52. The number of amides is 1. The van der Waals surface area contributed by atoms with E-state index in [-0.39, 0.29) is 11.5 Å². The summed E-state index contributed by atoms with van der Waals surface area (Å²) in [5.74, 6) is 0.766. The zero-order chi connectivity index (χ0) is 22.7. The molecular formula is C24H26BrN4O2S+. The van der Waals surface area contributed by atoms with E-state index in [0.717, 1.165) is 28.6 Å². The molecule has 1 aliphatic heterocycles. The van der Waals surface area contributed by atoms with Gasteiger partial charge in [-0.25, -0.2) is 4.90 Å². The van der Waals surface area contributed by atoms with Crippen LogP contribution in [0, 0.1) is 0 Å². The van der Waals surface area contributed by atoms with Crippen LogP contribution in [0.1, 0.15) is 51.3 Å². The van der Waals surface area contributed by atoms with Crippen molar-refractivity contribution in [3.05, 3.63) is 68.9 Å². The Morgan fingerprint density at radius 3 is 2.66 bits per heavy atom. The van der Waals surface area contributed by atoms with Gasteiger partial charge in [0, 0.05) is 22.2 Å². The summed E-state index contributed by atoms with van der Waals surface area (Å²) in [6, 6.07) is 15.2. The number of unbranched alkanes of at least 4 members (excludes halogenated alkanes) is 3. The fourth-order valence-corrected chi connectivity index (χ4v) is 5.38. The number of para-hydroxylation sites is 1. The number of fused-ring (bicyclic) bond motifs is 3. The summed E-state index contributed by atoms with van der Waals surface area (Å²) in [6.45, 7) is 3.73. The summed E-state index contributed by atoms with van der Waals surface area (Å²) < 4.78 is 2.56. The molecule has 0 radical (unpaired) electrons. The molecule has 166 valence electrons. The maximum atomic E-state index is 13.3. The minimum atomic E-state index is -0.574. The van der Waals surface area contributed by atoms with Gasteiger partial charge in [-0.2, -0.15) is 0 Å². The number of hydrogen-bond acceptors (Lipinski definition) is 4. The van der Waals surface area contributed by atoms with Gasteiger partial charge in [-0.15, -0.1) is 0 Å². The van der Waals surface area contributed by atoms with Crippen LogP contribution in [-0.4, -0.2) is 21.7 Å². The topological polar surface area (TPSA) is 69.9 Å². The largest absolute Gasteiger partial charge is 0.325 e. The molecule has 32 heavy (non-hydrogen) atoms. The maximum absolute atomic E-state index is 13.3. The number of halogens is 1. The second-order valence-electron chi connectivity index (χ2n) is 7.76. The fraction of sp³-hybridized carbons (Fsp3) is 0.333. The Hall–Kier alpha value is -2.45. The van der Waals surface area contributed by atoms with E-state index in [1.807, 2.05) is 48.5 Å². The number of aromatic amines is 1. The molecule has 2 heterocycles. The molecule has 0 fully saturated rings. The lowest BCUT2D eigenvalue weighted by Gasteiger charge is -2.31. The molecule has 6 nitrogen and oxygen atoms in total. The molecular weight excluding hydrogens is 488 g/mol. The molecule has 1 aromatic heterocycles. The number of benzene rings is 2. The minimum Gasteiger partial charge on any atom is -0.291 e. The molecule has 0 spiro atoms. The molecule has 4 rings (SSSR count). The molecule has 0 bridgehead atoms. The maximum Gasteiger partial charge on any atom is 0.325 e. The third-order valence-corrected chi connectivity index (χ3v) is 7.19. The highest BCUT2D eigenvalue weighted by atomic mass is 79.9. The number of anilines is 1. The Bertz CT molecular complexity index is 1200. The van der Waals surface area contributed by atoms with Crippen molar-refractivity contribution in [2.75, 3.05) is 10.7 Å². The zero-order valence-corrected chi connectivity index (χ0v) is 20.6. The highest BCUT2D eigenvalue weighted by molar-refractivity contribution is 9.10. The lowest BCUT2D eigenvalue weighted by molar-refractivity contribution is -0.763. The summed E-state index contributed by atoms with van der Waals surface area (Å²) in [7, 11) is 0. The lowest BCUT2D eigenvalue weighted by Crippen LogP contribution is -2.60. The van der Waals surface area contributed by atoms with Gasteiger partial charge in [0.15, 0.2) is 0 Å². The predicted molar refractivity (Wildman–Crippen MR) is 131 cm³/mol. The number of rotatable bonds is 7. The average molecular weight is 514 g/mol. The van der Waals surface area contributed by atoms with Crippen LogP contribution in [0.4, 0.5) is 5.69 Å². The van der Waals surface area contributed by atoms with Crippen molar-refractivity contribution < 1.29 is 9.48 Å². The van der Waals surface area contributed by atoms with E-state index >= 15 is 0 Å². The van der Waals surface area contributed by atoms with Gasteiger partial charge in [0.1, 0.15) is 0 Å². The van der Waals surface area contributed by atoms with Crippen molar-refractivity contribution in [1.82, 2.24) is 10.1 Å². The smallest absolute Gasteiger partial charge is 0.291 e. The van der Waals surface area contributed by atoms with Crippen molar-refractivity contribution in [2.24, 2.45) is 0 Å². The summed E-state index contributed by atoms with van der Waals surface area (Å²) in [5.41, 5.74) is 2.51. The quantitative estimate of drug-likeness (QED) is 0.272. The SMILES string of the molecule is CCCCCCSc1n[n+]2c(c(=O)[nH]1)-c1ccccc1N(C(C)=O)[C@H]2c1ccccc1Br. The van der Waals surface area contributed by atoms with Gasteiger partial charge in [-0.1, -0.05) is 78.1 Å². The van der Waals surface area contributed by atoms with Crippen LogP contribution in [0.5, 0.6) is 0 Å². The van der Waals surface area contributed by atoms with Gasteiger partial charge in [-0.05, 0) is 35.4 Å². The van der Waals surface area contributed by atoms with Gasteiger partial charge in [0.05, 0.1) is 16.8 Å². The van der Waals surface area contributed by atoms with Crippen LogP contribution >= 0.6 is 27.7 Å². The van der Waals surface area contributed by atoms with E-state index < -0.39 is 6.17 Å². The van der Waals surface area contributed by atoms with E-state index in [9.17, 15) is 9.59 Å². The molecule has 0 unspecified atom stereocenters. The van der Waals surface area contributed by atoms with Crippen molar-refractivity contribution in [2.45, 2.75) is 50.9 Å². The van der Waals surface area contributed by atoms with E-state index in [4.69, 9.17) is 5.10 Å². The van der Waals surface area contributed by atoms with Crippen molar-refractivity contribution in [3.63, 3.8) is 0 Å². The van der Waals surface area contributed by atoms with Crippen LogP contribution < -0.4 is 15.1 Å². The second-order valence-corrected chi connectivity index (χ2v) is 9.70. The number of aromatic nitrogens is 3. The molecule has 3 aromatic rings. The molecule has 1 aliphatic rings. The molecule has 1 atom stereocenters. The first-order valence-corrected chi connectivity index (χ1v) is 12.6. The van der Waals surface area contributed by atoms with Gasteiger partial charge in [0.2, 0.25) is 11.1 Å². The summed E-state index contributed by atoms with van der Waals surface area (Å²) in [4.78, 5) is 30.8. The Labute approximate surface area is 200 Å². The van der Waals surface area contributed by atoms with Gasteiger partial charge >= 0.3 is 11.3 Å². The van der Waals surface area contributed by atoms with Crippen LogP contribution in [-0.2, 0) is 4.79 Å². The van der Waals surface area contributed by atoms with Crippen LogP contribution in [0.3, 0.4) is 0 Å². The second kappa shape index (κ2) is 10.0. The zero-order valence-electron chi connectivity index (χ0n) is 18.2. The Kier molecular flexibility index (Phi) is 7.10. The number of nitrogens with zero attached hydrogens (tertiary/aromatic N) is 3. The first kappa shape index (κ1) is 22.7. The predicted octanol–water partition coefficient (Wildman–Crippen LogP) is 5.07. The summed E-state index contributed by atoms with van der Waals surface area (Å²) in [5, 5.41) is 5.40. The van der Waals surface area contributed by atoms with Gasteiger partial charge in [-0.3, -0.25) is 14.6 Å². The Morgan fingerprint density at radius 2 is 1.91 bits per heavy atom. The Balaban J connectivity index is 1.87. The molecule has 0 saturated heterocycles. The number of hydrogen-bond donors (Lipinski definition) is 1. The molecule has 2 aromatic carbocycles. The molecule has 1 amide bonds. The van der Waals surface area contributed by atoms with E-state index in [2.05, 4.69) is 27.8 Å². The van der Waals surface area contributed by atoms with Gasteiger partial charge in [0.25, 0.3) is 6.17 Å². The highest BCUT2D eigenvalue weighted by Crippen LogP contribution is 2.38.